The van der Waals surface area contributed by atoms with Crippen molar-refractivity contribution in [3.63, 3.8) is 0 Å². The summed E-state index contributed by atoms with van der Waals surface area (Å²) in [5.41, 5.74) is 1.65. The van der Waals surface area contributed by atoms with Crippen molar-refractivity contribution in [2.75, 3.05) is 20.2 Å². The molecule has 1 aliphatic rings. The number of nitrogens with zero attached hydrogens (tertiary/aromatic N) is 3. The van der Waals surface area contributed by atoms with Crippen LogP contribution >= 0.6 is 34.4 Å². The first-order valence-corrected chi connectivity index (χ1v) is 11.8. The Kier molecular flexibility index (Phi) is 8.13. The molecule has 0 saturated carbocycles. The number of nitro groups is 1. The van der Waals surface area contributed by atoms with Gasteiger partial charge >= 0.3 is 0 Å². The summed E-state index contributed by atoms with van der Waals surface area (Å²) in [6.07, 6.45) is 1.83. The van der Waals surface area contributed by atoms with Crippen LogP contribution in [-0.2, 0) is 11.4 Å². The number of carbonyl (C=O) groups excluding carboxylic acids is 1. The van der Waals surface area contributed by atoms with Gasteiger partial charge in [-0.2, -0.15) is 0 Å². The van der Waals surface area contributed by atoms with E-state index in [0.717, 1.165) is 19.9 Å². The summed E-state index contributed by atoms with van der Waals surface area (Å²) >= 11 is 3.53. The first-order chi connectivity index (χ1) is 15.4. The number of likely N-dealkylation sites (N-methyl/N-ethyl adjacent to an activating group) is 1. The van der Waals surface area contributed by atoms with E-state index >= 15 is 0 Å². The summed E-state index contributed by atoms with van der Waals surface area (Å²) in [4.78, 5) is 29.8. The number of amides is 1. The third kappa shape index (κ3) is 5.41. The van der Waals surface area contributed by atoms with Gasteiger partial charge < -0.3 is 9.47 Å². The van der Waals surface area contributed by atoms with E-state index in [1.54, 1.807) is 24.1 Å². The van der Waals surface area contributed by atoms with Crippen molar-refractivity contribution in [1.29, 1.82) is 0 Å². The van der Waals surface area contributed by atoms with Crippen molar-refractivity contribution < 1.29 is 19.2 Å². The Hall–Kier alpha value is -2.60. The van der Waals surface area contributed by atoms with Crippen LogP contribution in [0.15, 0.2) is 46.3 Å². The SMILES string of the molecule is CCN=C1S/C(=C\c2cc(I)c(OCc3ccc([N+](=O)[O-])cc3)c(OC)c2)C(=O)N1CC. The maximum absolute atomic E-state index is 12.7. The van der Waals surface area contributed by atoms with Crippen LogP contribution in [0.3, 0.4) is 0 Å². The molecule has 0 aromatic heterocycles. The second-order valence-electron chi connectivity index (χ2n) is 6.66. The van der Waals surface area contributed by atoms with Crippen LogP contribution in [0.5, 0.6) is 11.5 Å². The minimum absolute atomic E-state index is 0.0337. The highest BCUT2D eigenvalue weighted by Gasteiger charge is 2.31. The standard InChI is InChI=1S/C22H22IN3O5S/c1-4-24-22-25(5-2)21(27)19(32-22)12-15-10-17(23)20(18(11-15)30-3)31-13-14-6-8-16(9-7-14)26(28)29/h6-12H,4-5,13H2,1-3H3/b19-12-,24-22?. The maximum atomic E-state index is 12.7. The average molecular weight is 567 g/mol. The molecule has 0 aliphatic carbocycles. The third-order valence-corrected chi connectivity index (χ3v) is 6.42. The second kappa shape index (κ2) is 10.8. The summed E-state index contributed by atoms with van der Waals surface area (Å²) in [6, 6.07) is 9.95. The minimum Gasteiger partial charge on any atom is -0.493 e. The van der Waals surface area contributed by atoms with Crippen molar-refractivity contribution in [2.45, 2.75) is 20.5 Å². The summed E-state index contributed by atoms with van der Waals surface area (Å²) in [7, 11) is 1.56. The van der Waals surface area contributed by atoms with Gasteiger partial charge in [-0.15, -0.1) is 0 Å². The van der Waals surface area contributed by atoms with Gasteiger partial charge in [-0.25, -0.2) is 0 Å². The fourth-order valence-electron chi connectivity index (χ4n) is 3.02. The third-order valence-electron chi connectivity index (χ3n) is 4.58. The monoisotopic (exact) mass is 567 g/mol. The Morgan fingerprint density at radius 3 is 2.56 bits per heavy atom. The van der Waals surface area contributed by atoms with E-state index in [-0.39, 0.29) is 18.2 Å². The summed E-state index contributed by atoms with van der Waals surface area (Å²) in [5.74, 6) is 1.05. The molecule has 1 heterocycles. The largest absolute Gasteiger partial charge is 0.493 e. The molecular weight excluding hydrogens is 545 g/mol. The van der Waals surface area contributed by atoms with Crippen molar-refractivity contribution in [3.8, 4) is 11.5 Å². The fraction of sp³-hybridized carbons (Fsp3) is 0.273. The molecule has 8 nitrogen and oxygen atoms in total. The van der Waals surface area contributed by atoms with E-state index in [1.807, 2.05) is 32.1 Å². The lowest BCUT2D eigenvalue weighted by Crippen LogP contribution is -2.28. The fourth-order valence-corrected chi connectivity index (χ4v) is 4.91. The number of aliphatic imine (C=N–C) groups is 1. The van der Waals surface area contributed by atoms with Gasteiger partial charge in [-0.1, -0.05) is 0 Å². The van der Waals surface area contributed by atoms with E-state index in [4.69, 9.17) is 9.47 Å². The molecule has 2 aromatic carbocycles. The molecule has 2 aromatic rings. The Morgan fingerprint density at radius 1 is 1.25 bits per heavy atom. The van der Waals surface area contributed by atoms with Crippen LogP contribution in [0.4, 0.5) is 5.69 Å². The number of thioether (sulfide) groups is 1. The molecule has 1 aliphatic heterocycles. The van der Waals surface area contributed by atoms with Crippen molar-refractivity contribution in [2.24, 2.45) is 4.99 Å². The highest BCUT2D eigenvalue weighted by atomic mass is 127. The van der Waals surface area contributed by atoms with Gasteiger partial charge in [-0.3, -0.25) is 24.8 Å². The number of amidine groups is 1. The number of ether oxygens (including phenoxy) is 2. The first kappa shape index (κ1) is 24.1. The van der Waals surface area contributed by atoms with Crippen LogP contribution in [0.1, 0.15) is 25.0 Å². The number of hydrogen-bond acceptors (Lipinski definition) is 7. The van der Waals surface area contributed by atoms with E-state index in [0.29, 0.717) is 29.5 Å². The van der Waals surface area contributed by atoms with Crippen LogP contribution in [0.2, 0.25) is 0 Å². The van der Waals surface area contributed by atoms with Gasteiger partial charge in [0.25, 0.3) is 11.6 Å². The van der Waals surface area contributed by atoms with E-state index in [9.17, 15) is 14.9 Å². The molecule has 1 fully saturated rings. The normalized spacial score (nSPS) is 16.1. The van der Waals surface area contributed by atoms with Gasteiger partial charge in [0.05, 0.1) is 20.5 Å². The molecule has 10 heteroatoms. The molecule has 0 unspecified atom stereocenters. The Morgan fingerprint density at radius 2 is 1.97 bits per heavy atom. The smallest absolute Gasteiger partial charge is 0.269 e. The number of nitro benzene ring substituents is 1. The molecule has 0 bridgehead atoms. The zero-order valence-corrected chi connectivity index (χ0v) is 20.8. The Balaban J connectivity index is 1.82. The van der Waals surface area contributed by atoms with Gasteiger partial charge in [-0.05, 0) is 89.7 Å². The maximum Gasteiger partial charge on any atom is 0.269 e. The molecule has 168 valence electrons. The number of non-ortho nitro benzene ring substituents is 1. The zero-order valence-electron chi connectivity index (χ0n) is 17.8. The Labute approximate surface area is 204 Å². The number of benzene rings is 2. The first-order valence-electron chi connectivity index (χ1n) is 9.87. The molecular formula is C22H22IN3O5S. The molecule has 0 spiro atoms. The van der Waals surface area contributed by atoms with Crippen LogP contribution in [0, 0.1) is 13.7 Å². The molecule has 1 saturated heterocycles. The van der Waals surface area contributed by atoms with Crippen molar-refractivity contribution >= 4 is 57.2 Å². The van der Waals surface area contributed by atoms with Crippen LogP contribution in [-0.4, -0.2) is 41.1 Å². The quantitative estimate of drug-likeness (QED) is 0.191. The molecule has 0 radical (unpaired) electrons. The molecule has 1 amide bonds. The lowest BCUT2D eigenvalue weighted by molar-refractivity contribution is -0.384. The van der Waals surface area contributed by atoms with Gasteiger partial charge in [0.15, 0.2) is 16.7 Å². The van der Waals surface area contributed by atoms with E-state index in [1.165, 1.54) is 23.9 Å². The number of halogens is 1. The van der Waals surface area contributed by atoms with Crippen LogP contribution < -0.4 is 9.47 Å². The average Bonchev–Trinajstić information content (AvgIpc) is 3.07. The molecule has 3 rings (SSSR count). The summed E-state index contributed by atoms with van der Waals surface area (Å²) in [5, 5.41) is 11.5. The Bertz CT molecular complexity index is 1090. The topological polar surface area (TPSA) is 94.3 Å². The van der Waals surface area contributed by atoms with Crippen molar-refractivity contribution in [3.05, 3.63) is 66.1 Å². The summed E-state index contributed by atoms with van der Waals surface area (Å²) in [6.45, 7) is 5.29. The lowest BCUT2D eigenvalue weighted by atomic mass is 10.1. The van der Waals surface area contributed by atoms with E-state index < -0.39 is 4.92 Å². The summed E-state index contributed by atoms with van der Waals surface area (Å²) < 4.78 is 12.3. The molecule has 0 N–H and O–H groups in total. The second-order valence-corrected chi connectivity index (χ2v) is 8.83. The van der Waals surface area contributed by atoms with Crippen molar-refractivity contribution in [1.82, 2.24) is 4.90 Å². The zero-order chi connectivity index (χ0) is 23.3. The number of rotatable bonds is 8. The lowest BCUT2D eigenvalue weighted by Gasteiger charge is -2.14. The van der Waals surface area contributed by atoms with Gasteiger partial charge in [0.2, 0.25) is 0 Å². The predicted octanol–water partition coefficient (Wildman–Crippen LogP) is 5.10. The minimum atomic E-state index is -0.437. The highest BCUT2D eigenvalue weighted by Crippen LogP contribution is 2.37. The van der Waals surface area contributed by atoms with Gasteiger partial charge in [0.1, 0.15) is 6.61 Å². The highest BCUT2D eigenvalue weighted by molar-refractivity contribution is 14.1. The van der Waals surface area contributed by atoms with Gasteiger partial charge in [0, 0.05) is 25.2 Å². The van der Waals surface area contributed by atoms with E-state index in [2.05, 4.69) is 27.6 Å². The predicted molar refractivity (Wildman–Crippen MR) is 134 cm³/mol. The number of carbonyl (C=O) groups is 1. The molecule has 32 heavy (non-hydrogen) atoms. The number of methoxy groups -OCH3 is 1. The van der Waals surface area contributed by atoms with Crippen LogP contribution in [0.25, 0.3) is 6.08 Å². The molecule has 0 atom stereocenters. The number of hydrogen-bond donors (Lipinski definition) is 0.